The first-order valence-corrected chi connectivity index (χ1v) is 8.69. The standard InChI is InChI=1S/C14H14N4O3S2/c1-3-7-5-8-10(15-7)17-13(18-11(8)21-4-2)23-14-16-9(6-22-14)12(19)20/h5-6H,3-4H2,1-2H3,(H,19,20)(H,15,17,18). The van der Waals surface area contributed by atoms with E-state index in [1.165, 1.54) is 28.5 Å². The molecule has 0 fully saturated rings. The zero-order chi connectivity index (χ0) is 16.4. The van der Waals surface area contributed by atoms with Gasteiger partial charge in [-0.05, 0) is 31.2 Å². The largest absolute Gasteiger partial charge is 0.477 e. The maximum Gasteiger partial charge on any atom is 0.355 e. The molecule has 3 heterocycles. The molecule has 3 aromatic rings. The van der Waals surface area contributed by atoms with Crippen LogP contribution in [0.5, 0.6) is 5.88 Å². The van der Waals surface area contributed by atoms with Crippen LogP contribution < -0.4 is 4.74 Å². The van der Waals surface area contributed by atoms with Crippen LogP contribution in [0.4, 0.5) is 0 Å². The number of carbonyl (C=O) groups is 1. The summed E-state index contributed by atoms with van der Waals surface area (Å²) in [4.78, 5) is 27.1. The Balaban J connectivity index is 1.97. The number of aromatic amines is 1. The minimum atomic E-state index is -1.04. The van der Waals surface area contributed by atoms with Gasteiger partial charge >= 0.3 is 5.97 Å². The number of carboxylic acids is 1. The fourth-order valence-corrected chi connectivity index (χ4v) is 3.62. The van der Waals surface area contributed by atoms with Crippen LogP contribution in [0.2, 0.25) is 0 Å². The van der Waals surface area contributed by atoms with Gasteiger partial charge in [-0.15, -0.1) is 11.3 Å². The lowest BCUT2D eigenvalue weighted by Gasteiger charge is -2.04. The van der Waals surface area contributed by atoms with Crippen LogP contribution in [0.15, 0.2) is 20.9 Å². The lowest BCUT2D eigenvalue weighted by atomic mass is 10.3. The molecule has 0 aliphatic carbocycles. The molecule has 0 aliphatic rings. The summed E-state index contributed by atoms with van der Waals surface area (Å²) in [5, 5.41) is 11.7. The van der Waals surface area contributed by atoms with Crippen molar-refractivity contribution in [3.05, 3.63) is 22.8 Å². The van der Waals surface area contributed by atoms with Crippen molar-refractivity contribution in [2.45, 2.75) is 29.8 Å². The molecule has 0 saturated carbocycles. The SMILES string of the molecule is CCOc1nc(Sc2nc(C(=O)O)cs2)nc2[nH]c(CC)cc12. The third-order valence-electron chi connectivity index (χ3n) is 3.03. The van der Waals surface area contributed by atoms with Crippen molar-refractivity contribution in [2.24, 2.45) is 0 Å². The van der Waals surface area contributed by atoms with Gasteiger partial charge in [-0.2, -0.15) is 4.98 Å². The second-order valence-corrected chi connectivity index (χ2v) is 6.63. The van der Waals surface area contributed by atoms with Crippen molar-refractivity contribution >= 4 is 40.1 Å². The Morgan fingerprint density at radius 3 is 2.87 bits per heavy atom. The molecule has 0 aliphatic heterocycles. The predicted molar refractivity (Wildman–Crippen MR) is 87.6 cm³/mol. The number of fused-ring (bicyclic) bond motifs is 1. The van der Waals surface area contributed by atoms with Crippen molar-refractivity contribution in [3.8, 4) is 5.88 Å². The fraction of sp³-hybridized carbons (Fsp3) is 0.286. The summed E-state index contributed by atoms with van der Waals surface area (Å²) in [7, 11) is 0. The van der Waals surface area contributed by atoms with E-state index in [0.717, 1.165) is 17.5 Å². The molecule has 0 atom stereocenters. The van der Waals surface area contributed by atoms with Gasteiger partial charge in [0.15, 0.2) is 15.2 Å². The minimum absolute atomic E-state index is 0.0248. The number of H-pyrrole nitrogens is 1. The maximum atomic E-state index is 10.9. The van der Waals surface area contributed by atoms with Crippen LogP contribution in [0, 0.1) is 0 Å². The number of rotatable bonds is 6. The smallest absolute Gasteiger partial charge is 0.355 e. The first-order chi connectivity index (χ1) is 11.1. The van der Waals surface area contributed by atoms with E-state index in [-0.39, 0.29) is 5.69 Å². The molecular formula is C14H14N4O3S2. The Morgan fingerprint density at radius 1 is 1.39 bits per heavy atom. The number of ether oxygens (including phenoxy) is 1. The molecule has 2 N–H and O–H groups in total. The highest BCUT2D eigenvalue weighted by Crippen LogP contribution is 2.32. The van der Waals surface area contributed by atoms with Crippen molar-refractivity contribution in [2.75, 3.05) is 6.61 Å². The predicted octanol–water partition coefficient (Wildman–Crippen LogP) is 3.22. The zero-order valence-corrected chi connectivity index (χ0v) is 14.1. The van der Waals surface area contributed by atoms with Crippen LogP contribution in [0.25, 0.3) is 11.0 Å². The molecule has 7 nitrogen and oxygen atoms in total. The Bertz CT molecular complexity index is 859. The van der Waals surface area contributed by atoms with Gasteiger partial charge in [0.1, 0.15) is 5.65 Å². The third-order valence-corrected chi connectivity index (χ3v) is 4.83. The van der Waals surface area contributed by atoms with E-state index in [4.69, 9.17) is 9.84 Å². The summed E-state index contributed by atoms with van der Waals surface area (Å²) in [6.07, 6.45) is 0.860. The number of aromatic carboxylic acids is 1. The van der Waals surface area contributed by atoms with Gasteiger partial charge in [0.2, 0.25) is 5.88 Å². The quantitative estimate of drug-likeness (QED) is 0.658. The van der Waals surface area contributed by atoms with Crippen LogP contribution >= 0.6 is 23.1 Å². The van der Waals surface area contributed by atoms with Gasteiger partial charge in [0, 0.05) is 11.1 Å². The molecule has 0 aromatic carbocycles. The number of nitrogens with one attached hydrogen (secondary N) is 1. The minimum Gasteiger partial charge on any atom is -0.477 e. The summed E-state index contributed by atoms with van der Waals surface area (Å²) >= 11 is 2.47. The van der Waals surface area contributed by atoms with Gasteiger partial charge in [0.25, 0.3) is 0 Å². The Labute approximate surface area is 140 Å². The number of aryl methyl sites for hydroxylation is 1. The average molecular weight is 350 g/mol. The third kappa shape index (κ3) is 3.30. The summed E-state index contributed by atoms with van der Waals surface area (Å²) in [5.74, 6) is -0.526. The summed E-state index contributed by atoms with van der Waals surface area (Å²) in [6.45, 7) is 4.45. The van der Waals surface area contributed by atoms with Gasteiger partial charge in [-0.3, -0.25) is 0 Å². The van der Waals surface area contributed by atoms with Crippen molar-refractivity contribution in [3.63, 3.8) is 0 Å². The first kappa shape index (κ1) is 15.8. The lowest BCUT2D eigenvalue weighted by molar-refractivity contribution is 0.0691. The fourth-order valence-electron chi connectivity index (χ4n) is 1.98. The van der Waals surface area contributed by atoms with E-state index in [1.807, 2.05) is 13.0 Å². The molecule has 3 rings (SSSR count). The zero-order valence-electron chi connectivity index (χ0n) is 12.5. The van der Waals surface area contributed by atoms with Crippen molar-refractivity contribution in [1.82, 2.24) is 19.9 Å². The van der Waals surface area contributed by atoms with E-state index in [1.54, 1.807) is 0 Å². The highest BCUT2D eigenvalue weighted by Gasteiger charge is 2.15. The molecule has 0 saturated heterocycles. The number of nitrogens with zero attached hydrogens (tertiary/aromatic N) is 3. The molecule has 9 heteroatoms. The molecule has 0 spiro atoms. The first-order valence-electron chi connectivity index (χ1n) is 6.99. The average Bonchev–Trinajstić information content (AvgIpc) is 3.14. The summed E-state index contributed by atoms with van der Waals surface area (Å²) in [6, 6.07) is 1.99. The van der Waals surface area contributed by atoms with Crippen LogP contribution in [0.1, 0.15) is 30.0 Å². The molecule has 3 aromatic heterocycles. The number of carboxylic acid groups (broad SMARTS) is 1. The van der Waals surface area contributed by atoms with E-state index < -0.39 is 5.97 Å². The van der Waals surface area contributed by atoms with Gasteiger partial charge < -0.3 is 14.8 Å². The van der Waals surface area contributed by atoms with Crippen molar-refractivity contribution in [1.29, 1.82) is 0 Å². The molecule has 0 bridgehead atoms. The number of aromatic nitrogens is 4. The van der Waals surface area contributed by atoms with E-state index in [9.17, 15) is 4.79 Å². The summed E-state index contributed by atoms with van der Waals surface area (Å²) < 4.78 is 6.18. The monoisotopic (exact) mass is 350 g/mol. The van der Waals surface area contributed by atoms with Gasteiger partial charge in [-0.1, -0.05) is 6.92 Å². The van der Waals surface area contributed by atoms with E-state index >= 15 is 0 Å². The topological polar surface area (TPSA) is 101 Å². The summed E-state index contributed by atoms with van der Waals surface area (Å²) in [5.41, 5.74) is 1.79. The molecule has 120 valence electrons. The van der Waals surface area contributed by atoms with Crippen LogP contribution in [-0.2, 0) is 6.42 Å². The molecule has 0 radical (unpaired) electrons. The molecule has 0 unspecified atom stereocenters. The molecule has 0 amide bonds. The Hall–Kier alpha value is -2.13. The van der Waals surface area contributed by atoms with Gasteiger partial charge in [0.05, 0.1) is 12.0 Å². The number of thiazole rings is 1. The molecular weight excluding hydrogens is 336 g/mol. The van der Waals surface area contributed by atoms with E-state index in [2.05, 4.69) is 26.9 Å². The highest BCUT2D eigenvalue weighted by molar-refractivity contribution is 8.00. The van der Waals surface area contributed by atoms with E-state index in [0.29, 0.717) is 27.6 Å². The lowest BCUT2D eigenvalue weighted by Crippen LogP contribution is -1.98. The number of hydrogen-bond acceptors (Lipinski definition) is 7. The van der Waals surface area contributed by atoms with Crippen LogP contribution in [0.3, 0.4) is 0 Å². The van der Waals surface area contributed by atoms with Gasteiger partial charge in [-0.25, -0.2) is 14.8 Å². The highest BCUT2D eigenvalue weighted by atomic mass is 32.2. The second-order valence-electron chi connectivity index (χ2n) is 4.56. The normalized spacial score (nSPS) is 11.0. The number of hydrogen-bond donors (Lipinski definition) is 2. The Morgan fingerprint density at radius 2 is 2.22 bits per heavy atom. The Kier molecular flexibility index (Phi) is 4.49. The molecule has 23 heavy (non-hydrogen) atoms. The van der Waals surface area contributed by atoms with Crippen molar-refractivity contribution < 1.29 is 14.6 Å². The second kappa shape index (κ2) is 6.55. The maximum absolute atomic E-state index is 10.9. The van der Waals surface area contributed by atoms with Crippen LogP contribution in [-0.4, -0.2) is 37.6 Å².